The van der Waals surface area contributed by atoms with Gasteiger partial charge in [0.1, 0.15) is 0 Å². The molecule has 0 bridgehead atoms. The summed E-state index contributed by atoms with van der Waals surface area (Å²) in [5.74, 6) is -0.996. The lowest BCUT2D eigenvalue weighted by Crippen LogP contribution is -2.52. The zero-order valence-electron chi connectivity index (χ0n) is 12.2. The number of carbonyl (C=O) groups excluding carboxylic acids is 1. The minimum atomic E-state index is -0.996. The van der Waals surface area contributed by atoms with Crippen molar-refractivity contribution in [3.05, 3.63) is 0 Å². The molecule has 3 aliphatic rings. The number of carboxylic acids is 1. The average molecular weight is 297 g/mol. The Balaban J connectivity index is 1.54. The van der Waals surface area contributed by atoms with Gasteiger partial charge in [-0.1, -0.05) is 0 Å². The highest BCUT2D eigenvalue weighted by molar-refractivity contribution is 5.77. The molecule has 3 rings (SSSR count). The first-order valence-electron chi connectivity index (χ1n) is 7.77. The van der Waals surface area contributed by atoms with Crippen LogP contribution < -0.4 is 0 Å². The highest BCUT2D eigenvalue weighted by Gasteiger charge is 2.36. The summed E-state index contributed by atoms with van der Waals surface area (Å²) in [4.78, 5) is 29.5. The van der Waals surface area contributed by atoms with Crippen LogP contribution in [0.3, 0.4) is 0 Å². The number of amides is 2. The maximum Gasteiger partial charge on any atom is 0.334 e. The first kappa shape index (κ1) is 14.6. The number of rotatable bonds is 2. The van der Waals surface area contributed by atoms with Crippen LogP contribution in [0.25, 0.3) is 0 Å². The summed E-state index contributed by atoms with van der Waals surface area (Å²) in [5, 5.41) is 9.01. The lowest BCUT2D eigenvalue weighted by molar-refractivity contribution is -0.154. The van der Waals surface area contributed by atoms with Gasteiger partial charge in [0.25, 0.3) is 0 Å². The van der Waals surface area contributed by atoms with Gasteiger partial charge in [0.05, 0.1) is 13.2 Å². The second kappa shape index (κ2) is 6.19. The number of hydrogen-bond donors (Lipinski definition) is 1. The van der Waals surface area contributed by atoms with E-state index in [0.717, 1.165) is 32.6 Å². The second-order valence-corrected chi connectivity index (χ2v) is 6.06. The summed E-state index contributed by atoms with van der Waals surface area (Å²) in [6, 6.07) is 0.444. The van der Waals surface area contributed by atoms with E-state index < -0.39 is 12.1 Å². The number of carbonyl (C=O) groups is 2. The Hall–Kier alpha value is -1.34. The lowest BCUT2D eigenvalue weighted by atomic mass is 10.2. The van der Waals surface area contributed by atoms with Crippen LogP contribution in [0.5, 0.6) is 0 Å². The molecule has 0 saturated carbocycles. The van der Waals surface area contributed by atoms with E-state index in [-0.39, 0.29) is 12.6 Å². The minimum Gasteiger partial charge on any atom is -0.479 e. The molecule has 2 atom stereocenters. The summed E-state index contributed by atoms with van der Waals surface area (Å²) in [6.07, 6.45) is 2.65. The molecule has 7 heteroatoms. The zero-order chi connectivity index (χ0) is 14.8. The molecule has 0 radical (unpaired) electrons. The molecule has 0 aliphatic carbocycles. The van der Waals surface area contributed by atoms with Gasteiger partial charge in [-0.3, -0.25) is 4.90 Å². The van der Waals surface area contributed by atoms with Gasteiger partial charge >= 0.3 is 12.0 Å². The number of ether oxygens (including phenoxy) is 1. The summed E-state index contributed by atoms with van der Waals surface area (Å²) >= 11 is 0. The van der Waals surface area contributed by atoms with E-state index in [0.29, 0.717) is 19.2 Å². The topological polar surface area (TPSA) is 73.3 Å². The van der Waals surface area contributed by atoms with Crippen LogP contribution >= 0.6 is 0 Å². The van der Waals surface area contributed by atoms with E-state index in [1.54, 1.807) is 4.90 Å². The Bertz CT molecular complexity index is 411. The van der Waals surface area contributed by atoms with Crippen molar-refractivity contribution >= 4 is 12.0 Å². The molecule has 3 aliphatic heterocycles. The molecule has 0 spiro atoms. The Morgan fingerprint density at radius 3 is 2.43 bits per heavy atom. The van der Waals surface area contributed by atoms with Crippen LogP contribution in [0.4, 0.5) is 4.79 Å². The molecule has 3 heterocycles. The largest absolute Gasteiger partial charge is 0.479 e. The predicted octanol–water partition coefficient (Wildman–Crippen LogP) is 0.0619. The Morgan fingerprint density at radius 1 is 1.00 bits per heavy atom. The summed E-state index contributed by atoms with van der Waals surface area (Å²) in [6.45, 7) is 4.76. The Labute approximate surface area is 124 Å². The summed E-state index contributed by atoms with van der Waals surface area (Å²) in [5.41, 5.74) is 0. The van der Waals surface area contributed by atoms with Crippen molar-refractivity contribution in [1.82, 2.24) is 14.7 Å². The molecule has 118 valence electrons. The van der Waals surface area contributed by atoms with Gasteiger partial charge in [0.15, 0.2) is 6.10 Å². The van der Waals surface area contributed by atoms with Gasteiger partial charge in [-0.25, -0.2) is 9.59 Å². The fraction of sp³-hybridized carbons (Fsp3) is 0.857. The number of hydrogen-bond acceptors (Lipinski definition) is 4. The molecular weight excluding hydrogens is 274 g/mol. The smallest absolute Gasteiger partial charge is 0.334 e. The van der Waals surface area contributed by atoms with Crippen molar-refractivity contribution in [1.29, 1.82) is 0 Å². The van der Waals surface area contributed by atoms with Gasteiger partial charge in [0, 0.05) is 25.7 Å². The first-order chi connectivity index (χ1) is 10.1. The van der Waals surface area contributed by atoms with Crippen molar-refractivity contribution in [2.75, 3.05) is 45.9 Å². The maximum atomic E-state index is 12.5. The van der Waals surface area contributed by atoms with E-state index in [1.165, 1.54) is 12.8 Å². The molecule has 3 fully saturated rings. The van der Waals surface area contributed by atoms with Gasteiger partial charge in [0.2, 0.25) is 0 Å². The van der Waals surface area contributed by atoms with E-state index in [1.807, 2.05) is 4.90 Å². The normalized spacial score (nSPS) is 30.9. The monoisotopic (exact) mass is 297 g/mol. The predicted molar refractivity (Wildman–Crippen MR) is 75.1 cm³/mol. The molecule has 3 saturated heterocycles. The number of likely N-dealkylation sites (tertiary alicyclic amines) is 2. The number of aliphatic carboxylic acids is 1. The van der Waals surface area contributed by atoms with Crippen molar-refractivity contribution in [2.24, 2.45) is 0 Å². The van der Waals surface area contributed by atoms with E-state index in [2.05, 4.69) is 4.90 Å². The second-order valence-electron chi connectivity index (χ2n) is 6.06. The molecule has 7 nitrogen and oxygen atoms in total. The van der Waals surface area contributed by atoms with Crippen molar-refractivity contribution in [3.63, 3.8) is 0 Å². The quantitative estimate of drug-likeness (QED) is 0.780. The van der Waals surface area contributed by atoms with E-state index >= 15 is 0 Å². The molecule has 2 amide bonds. The Morgan fingerprint density at radius 2 is 1.71 bits per heavy atom. The van der Waals surface area contributed by atoms with Gasteiger partial charge in [-0.2, -0.15) is 0 Å². The molecule has 0 aromatic rings. The average Bonchev–Trinajstić information content (AvgIpc) is 3.17. The SMILES string of the molecule is O=C(O)C1CN(C(=O)N2CCC(N3CCCC3)C2)CCO1. The number of nitrogens with zero attached hydrogens (tertiary/aromatic N) is 3. The van der Waals surface area contributed by atoms with Crippen LogP contribution in [0, 0.1) is 0 Å². The summed E-state index contributed by atoms with van der Waals surface area (Å²) in [7, 11) is 0. The van der Waals surface area contributed by atoms with Crippen LogP contribution in [-0.2, 0) is 9.53 Å². The van der Waals surface area contributed by atoms with E-state index in [4.69, 9.17) is 9.84 Å². The fourth-order valence-corrected chi connectivity index (χ4v) is 3.49. The number of carboxylic acid groups (broad SMARTS) is 1. The van der Waals surface area contributed by atoms with Crippen LogP contribution in [0.15, 0.2) is 0 Å². The number of morpholine rings is 1. The van der Waals surface area contributed by atoms with Crippen LogP contribution in [0.1, 0.15) is 19.3 Å². The standard InChI is InChI=1S/C14H23N3O4/c18-13(19)12-10-17(7-8-21-12)14(20)16-6-3-11(9-16)15-4-1-2-5-15/h11-12H,1-10H2,(H,18,19). The van der Waals surface area contributed by atoms with Crippen LogP contribution in [-0.4, -0.2) is 89.8 Å². The highest BCUT2D eigenvalue weighted by atomic mass is 16.5. The highest BCUT2D eigenvalue weighted by Crippen LogP contribution is 2.21. The van der Waals surface area contributed by atoms with Crippen molar-refractivity contribution < 1.29 is 19.4 Å². The molecule has 0 aromatic heterocycles. The molecule has 1 N–H and O–H groups in total. The third kappa shape index (κ3) is 3.13. The van der Waals surface area contributed by atoms with Gasteiger partial charge in [-0.15, -0.1) is 0 Å². The molecule has 21 heavy (non-hydrogen) atoms. The molecule has 2 unspecified atom stereocenters. The molecule has 0 aromatic carbocycles. The fourth-order valence-electron chi connectivity index (χ4n) is 3.49. The maximum absolute atomic E-state index is 12.5. The van der Waals surface area contributed by atoms with Crippen LogP contribution in [0.2, 0.25) is 0 Å². The Kier molecular flexibility index (Phi) is 4.30. The van der Waals surface area contributed by atoms with Crippen molar-refractivity contribution in [2.45, 2.75) is 31.4 Å². The van der Waals surface area contributed by atoms with Gasteiger partial charge < -0.3 is 19.6 Å². The minimum absolute atomic E-state index is 0.0359. The van der Waals surface area contributed by atoms with E-state index in [9.17, 15) is 9.59 Å². The summed E-state index contributed by atoms with van der Waals surface area (Å²) < 4.78 is 5.16. The third-order valence-electron chi connectivity index (χ3n) is 4.70. The first-order valence-corrected chi connectivity index (χ1v) is 7.77. The number of urea groups is 1. The van der Waals surface area contributed by atoms with Crippen molar-refractivity contribution in [3.8, 4) is 0 Å². The molecular formula is C14H23N3O4. The lowest BCUT2D eigenvalue weighted by Gasteiger charge is -2.34. The van der Waals surface area contributed by atoms with Gasteiger partial charge in [-0.05, 0) is 32.4 Å². The third-order valence-corrected chi connectivity index (χ3v) is 4.70. The zero-order valence-corrected chi connectivity index (χ0v) is 12.2.